The predicted octanol–water partition coefficient (Wildman–Crippen LogP) is 18.3. The van der Waals surface area contributed by atoms with E-state index in [1.54, 1.807) is 0 Å². The first-order valence-corrected chi connectivity index (χ1v) is 28.3. The van der Waals surface area contributed by atoms with Crippen LogP contribution in [0.1, 0.15) is 156 Å². The summed E-state index contributed by atoms with van der Waals surface area (Å²) in [6.45, 7) is 33.4. The Hall–Kier alpha value is -6.24. The minimum absolute atomic E-state index is 0.00431. The molecule has 2 aliphatic carbocycles. The second kappa shape index (κ2) is 14.0. The molecular weight excluding hydrogens is 920 g/mol. The van der Waals surface area contributed by atoms with Crippen molar-refractivity contribution in [2.75, 3.05) is 4.81 Å². The molecule has 7 aromatic carbocycles. The number of benzene rings is 7. The summed E-state index contributed by atoms with van der Waals surface area (Å²) in [5, 5.41) is 8.64. The zero-order chi connectivity index (χ0) is 51.3. The number of rotatable bonds is 1. The van der Waals surface area contributed by atoms with Crippen molar-refractivity contribution < 1.29 is 8.83 Å². The van der Waals surface area contributed by atoms with Crippen molar-refractivity contribution >= 4 is 116 Å². The standard InChI is InChI=1S/C68H67BN2O2S/c1-63(2,3)36-19-22-38(23-20-36)71-50-32-41-40-30-45-47(67(11,12)27-25-65(45,7)8)34-53(40)72-52(41)33-43(50)57-58-60-55(56-39-17-15-16-18-51(39)73-61(56)57)42-29-37(64(4,5)6)21-24-49(42)70(60)59-44-31-46-48(35-54(44)74-62(59)69(58)71)68(13,14)28-26-66(46,9)10/h15-24,29-35H,25-28H2,1-14H3. The van der Waals surface area contributed by atoms with Crippen LogP contribution in [0.25, 0.3) is 92.6 Å². The quantitative estimate of drug-likeness (QED) is 0.154. The zero-order valence-corrected chi connectivity index (χ0v) is 46.7. The van der Waals surface area contributed by atoms with E-state index in [-0.39, 0.29) is 39.3 Å². The van der Waals surface area contributed by atoms with Crippen molar-refractivity contribution in [1.82, 2.24) is 4.57 Å². The highest BCUT2D eigenvalue weighted by Gasteiger charge is 2.49. The maximum absolute atomic E-state index is 7.43. The fourth-order valence-corrected chi connectivity index (χ4v) is 15.8. The van der Waals surface area contributed by atoms with E-state index >= 15 is 0 Å². The van der Waals surface area contributed by atoms with Gasteiger partial charge in [-0.3, -0.25) is 0 Å². The van der Waals surface area contributed by atoms with Gasteiger partial charge in [0.1, 0.15) is 22.3 Å². The lowest BCUT2D eigenvalue weighted by Gasteiger charge is -2.42. The molecule has 74 heavy (non-hydrogen) atoms. The Morgan fingerprint density at radius 1 is 0.527 bits per heavy atom. The van der Waals surface area contributed by atoms with Crippen molar-refractivity contribution in [1.29, 1.82) is 0 Å². The number of fused-ring (bicyclic) bond motifs is 20. The van der Waals surface area contributed by atoms with E-state index in [2.05, 4.69) is 209 Å². The van der Waals surface area contributed by atoms with Crippen LogP contribution in [0.4, 0.5) is 11.4 Å². The van der Waals surface area contributed by atoms with Crippen LogP contribution in [0, 0.1) is 0 Å². The molecule has 0 radical (unpaired) electrons. The lowest BCUT2D eigenvalue weighted by atomic mass is 9.47. The van der Waals surface area contributed by atoms with Crippen LogP contribution in [0.2, 0.25) is 0 Å². The lowest BCUT2D eigenvalue weighted by molar-refractivity contribution is 0.332. The molecule has 2 aliphatic heterocycles. The number of nitrogens with zero attached hydrogens (tertiary/aromatic N) is 2. The average Bonchev–Trinajstić information content (AvgIpc) is 4.27. The Balaban J connectivity index is 1.16. The van der Waals surface area contributed by atoms with Gasteiger partial charge in [-0.25, -0.2) is 0 Å². The summed E-state index contributed by atoms with van der Waals surface area (Å²) in [7, 11) is 0. The molecule has 4 aromatic heterocycles. The summed E-state index contributed by atoms with van der Waals surface area (Å²) in [5.74, 6) is 0. The third-order valence-corrected chi connectivity index (χ3v) is 20.4. The molecule has 370 valence electrons. The molecule has 0 saturated heterocycles. The Bertz CT molecular complexity index is 4340. The minimum atomic E-state index is -0.162. The SMILES string of the molecule is CC(C)(C)c1ccc(N2B3c4sc5cc6c(cc5c4-n4c5ccc(C(C)(C)C)cc5c5c7c(oc8ccccc87)c(c3c54)-c3cc4oc5cc7c(cc5c4cc32)C(C)(C)CCC7(C)C)C(C)(C)CCC6(C)C)cc1. The summed E-state index contributed by atoms with van der Waals surface area (Å²) < 4.78 is 20.1. The summed E-state index contributed by atoms with van der Waals surface area (Å²) in [6, 6.07) is 40.7. The fourth-order valence-electron chi connectivity index (χ4n) is 14.5. The van der Waals surface area contributed by atoms with Gasteiger partial charge in [0, 0.05) is 69.7 Å². The van der Waals surface area contributed by atoms with Crippen LogP contribution in [0.5, 0.6) is 0 Å². The van der Waals surface area contributed by atoms with E-state index in [1.807, 2.05) is 11.3 Å². The molecule has 0 N–H and O–H groups in total. The first-order valence-electron chi connectivity index (χ1n) is 27.4. The van der Waals surface area contributed by atoms with E-state index in [9.17, 15) is 0 Å². The van der Waals surface area contributed by atoms with Crippen molar-refractivity contribution in [2.24, 2.45) is 0 Å². The van der Waals surface area contributed by atoms with E-state index in [0.717, 1.165) is 51.5 Å². The molecule has 0 fully saturated rings. The van der Waals surface area contributed by atoms with E-state index in [0.29, 0.717) is 0 Å². The molecule has 0 atom stereocenters. The molecular formula is C68H67BN2O2S. The molecule has 0 unspecified atom stereocenters. The maximum Gasteiger partial charge on any atom is 0.343 e. The summed E-state index contributed by atoms with van der Waals surface area (Å²) >= 11 is 2.02. The topological polar surface area (TPSA) is 34.5 Å². The molecule has 0 spiro atoms. The van der Waals surface area contributed by atoms with Crippen LogP contribution in [0.3, 0.4) is 0 Å². The monoisotopic (exact) mass is 987 g/mol. The van der Waals surface area contributed by atoms with Gasteiger partial charge < -0.3 is 18.2 Å². The van der Waals surface area contributed by atoms with Gasteiger partial charge in [0.2, 0.25) is 0 Å². The van der Waals surface area contributed by atoms with E-state index in [1.165, 1.54) is 122 Å². The van der Waals surface area contributed by atoms with Crippen LogP contribution < -0.4 is 15.1 Å². The number of thiophene rings is 1. The molecule has 4 aliphatic rings. The van der Waals surface area contributed by atoms with Gasteiger partial charge in [-0.15, -0.1) is 11.3 Å². The second-order valence-electron chi connectivity index (χ2n) is 27.8. The highest BCUT2D eigenvalue weighted by Crippen LogP contribution is 2.56. The Morgan fingerprint density at radius 3 is 1.77 bits per heavy atom. The highest BCUT2D eigenvalue weighted by atomic mass is 32.1. The molecule has 15 rings (SSSR count). The molecule has 6 heterocycles. The largest absolute Gasteiger partial charge is 0.456 e. The number of furan rings is 2. The summed E-state index contributed by atoms with van der Waals surface area (Å²) in [4.78, 5) is 2.73. The normalized spacial score (nSPS) is 18.3. The zero-order valence-electron chi connectivity index (χ0n) is 45.8. The summed E-state index contributed by atoms with van der Waals surface area (Å²) in [6.07, 6.45) is 4.66. The Kier molecular flexibility index (Phi) is 8.53. The molecule has 0 saturated carbocycles. The molecule has 11 aromatic rings. The fraction of sp³-hybridized carbons (Fsp3) is 0.353. The smallest absolute Gasteiger partial charge is 0.343 e. The highest BCUT2D eigenvalue weighted by molar-refractivity contribution is 7.32. The molecule has 0 amide bonds. The number of anilines is 2. The number of hydrogen-bond donors (Lipinski definition) is 0. The van der Waals surface area contributed by atoms with Crippen molar-refractivity contribution in [3.63, 3.8) is 0 Å². The molecule has 6 heteroatoms. The first kappa shape index (κ1) is 45.2. The number of hydrogen-bond acceptors (Lipinski definition) is 4. The third-order valence-electron chi connectivity index (χ3n) is 19.2. The minimum Gasteiger partial charge on any atom is -0.456 e. The average molecular weight is 987 g/mol. The molecule has 4 nitrogen and oxygen atoms in total. The van der Waals surface area contributed by atoms with Crippen LogP contribution >= 0.6 is 11.3 Å². The Labute approximate surface area is 439 Å². The van der Waals surface area contributed by atoms with Gasteiger partial charge in [0.05, 0.1) is 16.7 Å². The van der Waals surface area contributed by atoms with Gasteiger partial charge in [-0.1, -0.05) is 133 Å². The van der Waals surface area contributed by atoms with Crippen molar-refractivity contribution in [3.8, 4) is 16.8 Å². The number of para-hydroxylation sites is 1. The maximum atomic E-state index is 7.43. The second-order valence-corrected chi connectivity index (χ2v) is 28.9. The van der Waals surface area contributed by atoms with E-state index < -0.39 is 0 Å². The van der Waals surface area contributed by atoms with Crippen LogP contribution in [-0.2, 0) is 32.5 Å². The van der Waals surface area contributed by atoms with Crippen molar-refractivity contribution in [2.45, 2.75) is 155 Å². The molecule has 0 bridgehead atoms. The van der Waals surface area contributed by atoms with Gasteiger partial charge in [0.25, 0.3) is 0 Å². The number of aromatic nitrogens is 1. The predicted molar refractivity (Wildman–Crippen MR) is 318 cm³/mol. The third kappa shape index (κ3) is 5.82. The van der Waals surface area contributed by atoms with Crippen molar-refractivity contribution in [3.05, 3.63) is 137 Å². The van der Waals surface area contributed by atoms with Gasteiger partial charge >= 0.3 is 6.85 Å². The van der Waals surface area contributed by atoms with Gasteiger partial charge in [-0.2, -0.15) is 0 Å². The van der Waals surface area contributed by atoms with Crippen LogP contribution in [0.15, 0.2) is 112 Å². The summed E-state index contributed by atoms with van der Waals surface area (Å²) in [5.41, 5.74) is 22.4. The van der Waals surface area contributed by atoms with Gasteiger partial charge in [0.15, 0.2) is 0 Å². The van der Waals surface area contributed by atoms with Crippen LogP contribution in [-0.4, -0.2) is 11.4 Å². The van der Waals surface area contributed by atoms with Gasteiger partial charge in [-0.05, 0) is 164 Å². The lowest BCUT2D eigenvalue weighted by Crippen LogP contribution is -2.59. The van der Waals surface area contributed by atoms with E-state index in [4.69, 9.17) is 8.83 Å². The first-order chi connectivity index (χ1) is 34.9. The Morgan fingerprint density at radius 2 is 1.11 bits per heavy atom.